The second kappa shape index (κ2) is 4.35. The molecule has 0 radical (unpaired) electrons. The van der Waals surface area contributed by atoms with Crippen molar-refractivity contribution in [3.05, 3.63) is 20.3 Å². The summed E-state index contributed by atoms with van der Waals surface area (Å²) in [6.07, 6.45) is 0. The molecule has 1 aromatic heterocycles. The summed E-state index contributed by atoms with van der Waals surface area (Å²) in [5.74, 6) is -0.513. The predicted octanol–water partition coefficient (Wildman–Crippen LogP) is 2.76. The van der Waals surface area contributed by atoms with Crippen LogP contribution in [0, 0.1) is 0 Å². The van der Waals surface area contributed by atoms with Gasteiger partial charge in [0.1, 0.15) is 6.04 Å². The number of fused-ring (bicyclic) bond motifs is 1. The number of carbonyl (C=O) groups is 2. The second-order valence-electron chi connectivity index (χ2n) is 4.73. The van der Waals surface area contributed by atoms with Gasteiger partial charge in [-0.2, -0.15) is 0 Å². The summed E-state index contributed by atoms with van der Waals surface area (Å²) in [6, 6.07) is 1.23. The molecule has 98 valence electrons. The van der Waals surface area contributed by atoms with Crippen LogP contribution in [-0.4, -0.2) is 29.9 Å². The molecule has 0 aromatic carbocycles. The Morgan fingerprint density at radius 2 is 2.17 bits per heavy atom. The molecule has 6 heteroatoms. The van der Waals surface area contributed by atoms with Gasteiger partial charge in [-0.25, -0.2) is 4.79 Å². The number of rotatable bonds is 2. The number of amides is 1. The maximum atomic E-state index is 12.4. The topological polar surface area (TPSA) is 46.6 Å². The van der Waals surface area contributed by atoms with Crippen LogP contribution in [0.4, 0.5) is 0 Å². The Kier molecular flexibility index (Phi) is 3.27. The van der Waals surface area contributed by atoms with Crippen LogP contribution in [0.15, 0.2) is 9.85 Å². The highest BCUT2D eigenvalue weighted by Gasteiger charge is 2.48. The first-order valence-electron chi connectivity index (χ1n) is 5.52. The molecule has 2 heterocycles. The molecule has 1 aliphatic heterocycles. The highest BCUT2D eigenvalue weighted by molar-refractivity contribution is 9.11. The summed E-state index contributed by atoms with van der Waals surface area (Å²) < 4.78 is 5.66. The monoisotopic (exact) mass is 331 g/mol. The van der Waals surface area contributed by atoms with Gasteiger partial charge in [0.2, 0.25) is 0 Å². The fourth-order valence-electron chi connectivity index (χ4n) is 2.40. The van der Waals surface area contributed by atoms with Crippen LogP contribution in [0.25, 0.3) is 0 Å². The molecule has 1 aliphatic rings. The van der Waals surface area contributed by atoms with Crippen molar-refractivity contribution in [1.29, 1.82) is 0 Å². The van der Waals surface area contributed by atoms with E-state index in [1.54, 1.807) is 11.8 Å². The lowest BCUT2D eigenvalue weighted by atomic mass is 10.0. The van der Waals surface area contributed by atoms with Crippen molar-refractivity contribution in [1.82, 2.24) is 4.90 Å². The summed E-state index contributed by atoms with van der Waals surface area (Å²) in [5.41, 5.74) is 0.184. The normalized spacial score (nSPS) is 18.7. The molecule has 18 heavy (non-hydrogen) atoms. The van der Waals surface area contributed by atoms with Gasteiger partial charge in [-0.05, 0) is 42.8 Å². The number of esters is 1. The Balaban J connectivity index is 2.45. The molecule has 0 fully saturated rings. The van der Waals surface area contributed by atoms with Gasteiger partial charge in [-0.15, -0.1) is 11.3 Å². The Labute approximate surface area is 118 Å². The Hall–Kier alpha value is -0.880. The van der Waals surface area contributed by atoms with E-state index < -0.39 is 17.6 Å². The molecular weight excluding hydrogens is 318 g/mol. The number of hydrogen-bond donors (Lipinski definition) is 0. The molecule has 1 unspecified atom stereocenters. The molecule has 0 saturated heterocycles. The number of thiophene rings is 1. The van der Waals surface area contributed by atoms with E-state index in [9.17, 15) is 9.59 Å². The first kappa shape index (κ1) is 13.5. The average Bonchev–Trinajstić information content (AvgIpc) is 2.76. The van der Waals surface area contributed by atoms with Gasteiger partial charge >= 0.3 is 5.97 Å². The van der Waals surface area contributed by atoms with Gasteiger partial charge in [-0.3, -0.25) is 4.79 Å². The largest absolute Gasteiger partial charge is 0.467 e. The fraction of sp³-hybridized carbons (Fsp3) is 0.500. The zero-order chi connectivity index (χ0) is 13.7. The third-order valence-electron chi connectivity index (χ3n) is 3.24. The Bertz CT molecular complexity index is 523. The SMILES string of the molecule is COC(=O)C(C)N1C(=O)c2cc(Br)sc2C1(C)C. The standard InChI is InChI=1S/C12H14BrNO3S/c1-6(11(16)17-4)14-10(15)7-5-8(13)18-9(7)12(14,2)3/h5-6H,1-4H3. The molecule has 0 N–H and O–H groups in total. The number of carbonyl (C=O) groups excluding carboxylic acids is 2. The van der Waals surface area contributed by atoms with Gasteiger partial charge in [0.15, 0.2) is 0 Å². The van der Waals surface area contributed by atoms with Gasteiger partial charge < -0.3 is 9.64 Å². The summed E-state index contributed by atoms with van der Waals surface area (Å²) in [6.45, 7) is 5.58. The first-order chi connectivity index (χ1) is 8.30. The minimum atomic E-state index is -0.587. The van der Waals surface area contributed by atoms with Crippen LogP contribution in [0.2, 0.25) is 0 Å². The van der Waals surface area contributed by atoms with Crippen LogP contribution in [0.1, 0.15) is 36.0 Å². The van der Waals surface area contributed by atoms with E-state index in [2.05, 4.69) is 15.9 Å². The lowest BCUT2D eigenvalue weighted by Crippen LogP contribution is -2.49. The minimum Gasteiger partial charge on any atom is -0.467 e. The lowest BCUT2D eigenvalue weighted by molar-refractivity contribution is -0.147. The number of nitrogens with zero attached hydrogens (tertiary/aromatic N) is 1. The molecule has 0 spiro atoms. The van der Waals surface area contributed by atoms with Crippen LogP contribution < -0.4 is 0 Å². The van der Waals surface area contributed by atoms with Crippen LogP contribution in [0.3, 0.4) is 0 Å². The molecule has 0 aliphatic carbocycles. The molecule has 0 bridgehead atoms. The summed E-state index contributed by atoms with van der Waals surface area (Å²) >= 11 is 4.92. The first-order valence-corrected chi connectivity index (χ1v) is 7.13. The van der Waals surface area contributed by atoms with Crippen molar-refractivity contribution >= 4 is 39.1 Å². The van der Waals surface area contributed by atoms with E-state index in [4.69, 9.17) is 4.74 Å². The van der Waals surface area contributed by atoms with Crippen LogP contribution in [0.5, 0.6) is 0 Å². The van der Waals surface area contributed by atoms with Crippen molar-refractivity contribution in [2.45, 2.75) is 32.4 Å². The second-order valence-corrected chi connectivity index (χ2v) is 7.16. The van der Waals surface area contributed by atoms with E-state index in [0.29, 0.717) is 5.56 Å². The molecule has 4 nitrogen and oxygen atoms in total. The number of halogens is 1. The van der Waals surface area contributed by atoms with E-state index in [-0.39, 0.29) is 5.91 Å². The van der Waals surface area contributed by atoms with Crippen LogP contribution in [-0.2, 0) is 15.1 Å². The van der Waals surface area contributed by atoms with E-state index >= 15 is 0 Å². The maximum absolute atomic E-state index is 12.4. The number of ether oxygens (including phenoxy) is 1. The van der Waals surface area contributed by atoms with Crippen molar-refractivity contribution in [3.8, 4) is 0 Å². The highest BCUT2D eigenvalue weighted by atomic mass is 79.9. The Morgan fingerprint density at radius 1 is 1.56 bits per heavy atom. The molecule has 1 atom stereocenters. The number of methoxy groups -OCH3 is 1. The van der Waals surface area contributed by atoms with Gasteiger partial charge in [0, 0.05) is 4.88 Å². The minimum absolute atomic E-state index is 0.116. The third kappa shape index (κ3) is 1.78. The van der Waals surface area contributed by atoms with Crippen molar-refractivity contribution in [2.24, 2.45) is 0 Å². The zero-order valence-corrected chi connectivity index (χ0v) is 13.0. The smallest absolute Gasteiger partial charge is 0.328 e. The predicted molar refractivity (Wildman–Crippen MR) is 72.7 cm³/mol. The maximum Gasteiger partial charge on any atom is 0.328 e. The molecule has 1 amide bonds. The average molecular weight is 332 g/mol. The molecular formula is C12H14BrNO3S. The zero-order valence-electron chi connectivity index (χ0n) is 10.6. The van der Waals surface area contributed by atoms with E-state index in [1.807, 2.05) is 19.9 Å². The Morgan fingerprint density at radius 3 is 2.67 bits per heavy atom. The molecule has 2 rings (SSSR count). The summed E-state index contributed by atoms with van der Waals surface area (Å²) in [7, 11) is 1.33. The number of hydrogen-bond acceptors (Lipinski definition) is 4. The molecule has 0 saturated carbocycles. The van der Waals surface area contributed by atoms with Crippen molar-refractivity contribution in [2.75, 3.05) is 7.11 Å². The van der Waals surface area contributed by atoms with E-state index in [0.717, 1.165) is 8.66 Å². The van der Waals surface area contributed by atoms with Gasteiger partial charge in [-0.1, -0.05) is 0 Å². The fourth-order valence-corrected chi connectivity index (χ4v) is 4.09. The lowest BCUT2D eigenvalue weighted by Gasteiger charge is -2.35. The van der Waals surface area contributed by atoms with Crippen molar-refractivity contribution < 1.29 is 14.3 Å². The van der Waals surface area contributed by atoms with Gasteiger partial charge in [0.05, 0.1) is 22.0 Å². The summed E-state index contributed by atoms with van der Waals surface area (Å²) in [5, 5.41) is 0. The van der Waals surface area contributed by atoms with E-state index in [1.165, 1.54) is 18.4 Å². The van der Waals surface area contributed by atoms with Crippen molar-refractivity contribution in [3.63, 3.8) is 0 Å². The van der Waals surface area contributed by atoms with Crippen LogP contribution >= 0.6 is 27.3 Å². The molecule has 1 aromatic rings. The summed E-state index contributed by atoms with van der Waals surface area (Å²) in [4.78, 5) is 26.6. The third-order valence-corrected chi connectivity index (χ3v) is 5.19. The highest BCUT2D eigenvalue weighted by Crippen LogP contribution is 2.46. The quantitative estimate of drug-likeness (QED) is 0.783. The van der Waals surface area contributed by atoms with Gasteiger partial charge in [0.25, 0.3) is 5.91 Å².